The van der Waals surface area contributed by atoms with Crippen LogP contribution in [0.1, 0.15) is 15.9 Å². The molecule has 0 saturated carbocycles. The molecule has 6 heteroatoms. The van der Waals surface area contributed by atoms with Gasteiger partial charge in [-0.1, -0.05) is 18.2 Å². The molecule has 6 nitrogen and oxygen atoms in total. The highest BCUT2D eigenvalue weighted by Crippen LogP contribution is 2.35. The number of hydrogen-bond donors (Lipinski definition) is 1. The van der Waals surface area contributed by atoms with Crippen molar-refractivity contribution in [2.45, 2.75) is 0 Å². The highest BCUT2D eigenvalue weighted by molar-refractivity contribution is 6.14. The lowest BCUT2D eigenvalue weighted by molar-refractivity contribution is 0.101. The molecule has 1 aliphatic rings. The van der Waals surface area contributed by atoms with Gasteiger partial charge in [-0.3, -0.25) is 9.78 Å². The molecule has 2 aromatic carbocycles. The third-order valence-corrected chi connectivity index (χ3v) is 4.64. The molecule has 0 spiro atoms. The molecule has 1 aliphatic heterocycles. The molecule has 140 valence electrons. The van der Waals surface area contributed by atoms with Gasteiger partial charge in [0.05, 0.1) is 11.3 Å². The summed E-state index contributed by atoms with van der Waals surface area (Å²) in [6.45, 7) is 0. The van der Waals surface area contributed by atoms with Crippen LogP contribution in [0.25, 0.3) is 23.0 Å². The van der Waals surface area contributed by atoms with Gasteiger partial charge in [0.15, 0.2) is 5.76 Å². The summed E-state index contributed by atoms with van der Waals surface area (Å²) in [6.07, 6.45) is 6.95. The Balaban J connectivity index is 1.62. The zero-order chi connectivity index (χ0) is 19.8. The van der Waals surface area contributed by atoms with Crippen LogP contribution in [0.5, 0.6) is 11.5 Å². The van der Waals surface area contributed by atoms with Crippen molar-refractivity contribution in [1.29, 1.82) is 0 Å². The molecule has 0 saturated heterocycles. The van der Waals surface area contributed by atoms with Crippen molar-refractivity contribution < 1.29 is 14.6 Å². The number of phenolic OH excluding ortho intramolecular Hbond substituents is 1. The van der Waals surface area contributed by atoms with Crippen molar-refractivity contribution in [3.05, 3.63) is 96.1 Å². The van der Waals surface area contributed by atoms with E-state index in [1.165, 1.54) is 12.1 Å². The summed E-state index contributed by atoms with van der Waals surface area (Å²) >= 11 is 0. The molecule has 4 aromatic rings. The Kier molecular flexibility index (Phi) is 3.95. The van der Waals surface area contributed by atoms with Crippen LogP contribution in [0.4, 0.5) is 0 Å². The number of ether oxygens (including phenoxy) is 1. The maximum Gasteiger partial charge on any atom is 0.231 e. The molecule has 1 N–H and O–H groups in total. The molecule has 0 amide bonds. The van der Waals surface area contributed by atoms with Crippen LogP contribution < -0.4 is 4.74 Å². The van der Waals surface area contributed by atoms with Crippen molar-refractivity contribution in [3.8, 4) is 28.4 Å². The number of benzene rings is 2. The van der Waals surface area contributed by atoms with Crippen LogP contribution in [0.2, 0.25) is 0 Å². The third-order valence-electron chi connectivity index (χ3n) is 4.64. The van der Waals surface area contributed by atoms with Crippen LogP contribution >= 0.6 is 0 Å². The Hall–Kier alpha value is -4.19. The summed E-state index contributed by atoms with van der Waals surface area (Å²) in [5.41, 5.74) is 3.56. The van der Waals surface area contributed by atoms with Crippen molar-refractivity contribution in [2.75, 3.05) is 0 Å². The van der Waals surface area contributed by atoms with Gasteiger partial charge < -0.3 is 9.84 Å². The average Bonchev–Trinajstić information content (AvgIpc) is 3.31. The Bertz CT molecular complexity index is 1250. The first-order valence-electron chi connectivity index (χ1n) is 9.02. The van der Waals surface area contributed by atoms with Crippen LogP contribution in [-0.2, 0) is 0 Å². The number of para-hydroxylation sites is 1. The van der Waals surface area contributed by atoms with E-state index in [0.29, 0.717) is 17.0 Å². The van der Waals surface area contributed by atoms with Gasteiger partial charge in [0.1, 0.15) is 17.2 Å². The number of carbonyl (C=O) groups excluding carboxylic acids is 1. The molecule has 0 unspecified atom stereocenters. The number of hydrogen-bond acceptors (Lipinski definition) is 5. The molecule has 3 heterocycles. The van der Waals surface area contributed by atoms with E-state index >= 15 is 0 Å². The van der Waals surface area contributed by atoms with Gasteiger partial charge in [-0.25, -0.2) is 4.68 Å². The van der Waals surface area contributed by atoms with Crippen molar-refractivity contribution in [1.82, 2.24) is 14.8 Å². The number of rotatable bonds is 3. The highest BCUT2D eigenvalue weighted by Gasteiger charge is 2.28. The van der Waals surface area contributed by atoms with E-state index in [4.69, 9.17) is 9.84 Å². The molecule has 5 rings (SSSR count). The number of nitrogens with zero attached hydrogens (tertiary/aromatic N) is 3. The van der Waals surface area contributed by atoms with E-state index in [0.717, 1.165) is 16.8 Å². The smallest absolute Gasteiger partial charge is 0.231 e. The normalized spacial score (nSPS) is 14.1. The molecule has 2 aromatic heterocycles. The van der Waals surface area contributed by atoms with E-state index in [2.05, 4.69) is 4.98 Å². The van der Waals surface area contributed by atoms with Gasteiger partial charge in [-0.2, -0.15) is 5.10 Å². The second kappa shape index (κ2) is 6.76. The standard InChI is InChI=1S/C23H15N3O3/c27-18-8-9-19-20(12-18)29-21(23(19)28)11-16-14-26(17-6-2-1-3-7-17)25-22(16)15-5-4-10-24-13-15/h1-14,27H/b21-11+. The maximum atomic E-state index is 12.7. The molecule has 0 bridgehead atoms. The topological polar surface area (TPSA) is 77.2 Å². The average molecular weight is 381 g/mol. The number of allylic oxidation sites excluding steroid dienone is 1. The highest BCUT2D eigenvalue weighted by atomic mass is 16.5. The lowest BCUT2D eigenvalue weighted by atomic mass is 10.1. The number of Topliss-reactive ketones (excluding diaryl/α,β-unsaturated/α-hetero) is 1. The summed E-state index contributed by atoms with van der Waals surface area (Å²) in [5.74, 6) is 0.346. The molecule has 0 atom stereocenters. The SMILES string of the molecule is O=C1/C(=C\c2cn(-c3ccccc3)nc2-c2cccnc2)Oc2cc(O)ccc21. The molecular formula is C23H15N3O3. The zero-order valence-electron chi connectivity index (χ0n) is 15.2. The Morgan fingerprint density at radius 3 is 2.69 bits per heavy atom. The van der Waals surface area contributed by atoms with Crippen LogP contribution in [0, 0.1) is 0 Å². The van der Waals surface area contributed by atoms with Crippen molar-refractivity contribution in [3.63, 3.8) is 0 Å². The Labute approximate surface area is 166 Å². The number of aromatic nitrogens is 3. The van der Waals surface area contributed by atoms with Crippen molar-refractivity contribution in [2.24, 2.45) is 0 Å². The van der Waals surface area contributed by atoms with Gasteiger partial charge in [0.2, 0.25) is 5.78 Å². The van der Waals surface area contributed by atoms with Crippen LogP contribution in [0.15, 0.2) is 85.0 Å². The quantitative estimate of drug-likeness (QED) is 0.537. The minimum atomic E-state index is -0.232. The molecule has 0 aliphatic carbocycles. The molecule has 0 fully saturated rings. The lowest BCUT2D eigenvalue weighted by Gasteiger charge is -2.00. The van der Waals surface area contributed by atoms with Gasteiger partial charge in [0, 0.05) is 35.8 Å². The number of phenols is 1. The summed E-state index contributed by atoms with van der Waals surface area (Å²) in [7, 11) is 0. The Morgan fingerprint density at radius 2 is 1.90 bits per heavy atom. The second-order valence-corrected chi connectivity index (χ2v) is 6.58. The predicted molar refractivity (Wildman–Crippen MR) is 108 cm³/mol. The third kappa shape index (κ3) is 3.06. The van der Waals surface area contributed by atoms with Crippen LogP contribution in [0.3, 0.4) is 0 Å². The summed E-state index contributed by atoms with van der Waals surface area (Å²) in [5, 5.41) is 14.4. The number of pyridine rings is 1. The monoisotopic (exact) mass is 381 g/mol. The largest absolute Gasteiger partial charge is 0.508 e. The minimum Gasteiger partial charge on any atom is -0.508 e. The predicted octanol–water partition coefficient (Wildman–Crippen LogP) is 4.26. The number of aromatic hydroxyl groups is 1. The first kappa shape index (κ1) is 16.9. The minimum absolute atomic E-state index is 0.0470. The fourth-order valence-corrected chi connectivity index (χ4v) is 3.25. The van der Waals surface area contributed by atoms with E-state index in [-0.39, 0.29) is 17.3 Å². The summed E-state index contributed by atoms with van der Waals surface area (Å²) in [6, 6.07) is 17.9. The van der Waals surface area contributed by atoms with E-state index in [9.17, 15) is 9.90 Å². The van der Waals surface area contributed by atoms with Gasteiger partial charge in [-0.15, -0.1) is 0 Å². The number of fused-ring (bicyclic) bond motifs is 1. The van der Waals surface area contributed by atoms with E-state index in [1.807, 2.05) is 48.7 Å². The first-order valence-corrected chi connectivity index (χ1v) is 9.02. The number of carbonyl (C=O) groups is 1. The van der Waals surface area contributed by atoms with Gasteiger partial charge in [-0.05, 0) is 42.5 Å². The Morgan fingerprint density at radius 1 is 1.03 bits per heavy atom. The van der Waals surface area contributed by atoms with Crippen molar-refractivity contribution >= 4 is 11.9 Å². The number of ketones is 1. The first-order chi connectivity index (χ1) is 14.2. The fourth-order valence-electron chi connectivity index (χ4n) is 3.25. The summed E-state index contributed by atoms with van der Waals surface area (Å²) in [4.78, 5) is 16.9. The second-order valence-electron chi connectivity index (χ2n) is 6.58. The summed E-state index contributed by atoms with van der Waals surface area (Å²) < 4.78 is 7.47. The van der Waals surface area contributed by atoms with E-state index < -0.39 is 0 Å². The molecule has 0 radical (unpaired) electrons. The zero-order valence-corrected chi connectivity index (χ0v) is 15.2. The van der Waals surface area contributed by atoms with Gasteiger partial charge >= 0.3 is 0 Å². The van der Waals surface area contributed by atoms with Gasteiger partial charge in [0.25, 0.3) is 0 Å². The maximum absolute atomic E-state index is 12.7. The fraction of sp³-hybridized carbons (Fsp3) is 0. The lowest BCUT2D eigenvalue weighted by Crippen LogP contribution is -1.98. The van der Waals surface area contributed by atoms with E-state index in [1.54, 1.807) is 29.2 Å². The molecule has 29 heavy (non-hydrogen) atoms. The molecular weight excluding hydrogens is 366 g/mol. The van der Waals surface area contributed by atoms with Crippen LogP contribution in [-0.4, -0.2) is 25.7 Å².